The molecule has 110 valence electrons. The Hall–Kier alpha value is -0.853. The van der Waals surface area contributed by atoms with Crippen LogP contribution in [0.25, 0.3) is 0 Å². The Bertz CT molecular complexity index is 454. The smallest absolute Gasteiger partial charge is 0.223 e. The molecule has 0 amide bonds. The molecule has 4 heteroatoms. The van der Waals surface area contributed by atoms with Crippen LogP contribution in [0.15, 0.2) is 6.07 Å². The van der Waals surface area contributed by atoms with Gasteiger partial charge in [0.05, 0.1) is 0 Å². The van der Waals surface area contributed by atoms with E-state index in [0.29, 0.717) is 5.28 Å². The highest BCUT2D eigenvalue weighted by Gasteiger charge is 2.28. The molecule has 0 aliphatic carbocycles. The van der Waals surface area contributed by atoms with E-state index >= 15 is 0 Å². The first-order valence-corrected chi connectivity index (χ1v) is 10.6. The Morgan fingerprint density at radius 3 is 2.05 bits per heavy atom. The third-order valence-electron chi connectivity index (χ3n) is 3.47. The number of aryl methyl sites for hydroxylation is 1. The fourth-order valence-corrected chi connectivity index (χ4v) is 7.41. The van der Waals surface area contributed by atoms with Crippen LogP contribution in [0.3, 0.4) is 0 Å². The molecule has 20 heavy (non-hydrogen) atoms. The van der Waals surface area contributed by atoms with Crippen molar-refractivity contribution >= 4 is 19.7 Å². The zero-order valence-corrected chi connectivity index (χ0v) is 14.8. The van der Waals surface area contributed by atoms with Gasteiger partial charge in [0.1, 0.15) is 13.8 Å². The second-order valence-corrected chi connectivity index (χ2v) is 10.1. The Morgan fingerprint density at radius 1 is 1.05 bits per heavy atom. The molecule has 0 fully saturated rings. The summed E-state index contributed by atoms with van der Waals surface area (Å²) in [6, 6.07) is 5.79. The van der Waals surface area contributed by atoms with Crippen LogP contribution in [0, 0.1) is 18.4 Å². The summed E-state index contributed by atoms with van der Waals surface area (Å²) in [5, 5.41) is 0.294. The Balaban J connectivity index is 3.07. The van der Waals surface area contributed by atoms with Crippen molar-refractivity contribution in [2.45, 2.75) is 65.1 Å². The summed E-state index contributed by atoms with van der Waals surface area (Å²) >= 11 is 5.90. The number of nitrogens with zero attached hydrogens (tertiary/aromatic N) is 2. The highest BCUT2D eigenvalue weighted by molar-refractivity contribution is 6.87. The molecule has 1 heterocycles. The van der Waals surface area contributed by atoms with Gasteiger partial charge in [-0.05, 0) is 42.7 Å². The van der Waals surface area contributed by atoms with Crippen molar-refractivity contribution in [1.29, 1.82) is 0 Å². The van der Waals surface area contributed by atoms with Crippen LogP contribution in [0.1, 0.15) is 51.4 Å². The molecule has 0 unspecified atom stereocenters. The van der Waals surface area contributed by atoms with Crippen molar-refractivity contribution in [3.05, 3.63) is 22.7 Å². The Morgan fingerprint density at radius 2 is 1.60 bits per heavy atom. The average Bonchev–Trinajstić information content (AvgIpc) is 2.36. The standard InChI is InChI=1S/C16H25ClN2Si/c1-5-9-20(10-6-2,11-7-3)12-8-15-13-14(4)18-16(17)19-15/h13H,5-7,9-11H2,1-4H3. The fourth-order valence-electron chi connectivity index (χ4n) is 2.79. The zero-order chi connectivity index (χ0) is 15.0. The summed E-state index contributed by atoms with van der Waals surface area (Å²) in [7, 11) is -1.48. The van der Waals surface area contributed by atoms with Gasteiger partial charge < -0.3 is 0 Å². The Kier molecular flexibility index (Phi) is 7.26. The van der Waals surface area contributed by atoms with Crippen molar-refractivity contribution in [2.24, 2.45) is 0 Å². The van der Waals surface area contributed by atoms with Crippen LogP contribution in [0.4, 0.5) is 0 Å². The lowest BCUT2D eigenvalue weighted by Gasteiger charge is -2.24. The maximum absolute atomic E-state index is 5.90. The lowest BCUT2D eigenvalue weighted by Crippen LogP contribution is -2.32. The lowest BCUT2D eigenvalue weighted by molar-refractivity contribution is 0.940. The van der Waals surface area contributed by atoms with Crippen LogP contribution < -0.4 is 0 Å². The van der Waals surface area contributed by atoms with Gasteiger partial charge in [-0.25, -0.2) is 9.97 Å². The second kappa shape index (κ2) is 8.44. The van der Waals surface area contributed by atoms with Gasteiger partial charge in [0.15, 0.2) is 0 Å². The normalized spacial score (nSPS) is 11.1. The van der Waals surface area contributed by atoms with Gasteiger partial charge in [-0.3, -0.25) is 0 Å². The van der Waals surface area contributed by atoms with E-state index in [2.05, 4.69) is 42.2 Å². The van der Waals surface area contributed by atoms with Gasteiger partial charge in [-0.1, -0.05) is 46.0 Å². The third-order valence-corrected chi connectivity index (χ3v) is 8.66. The van der Waals surface area contributed by atoms with E-state index < -0.39 is 8.07 Å². The third kappa shape index (κ3) is 5.26. The van der Waals surface area contributed by atoms with Crippen LogP contribution >= 0.6 is 11.6 Å². The maximum Gasteiger partial charge on any atom is 0.223 e. The topological polar surface area (TPSA) is 25.8 Å². The minimum atomic E-state index is -1.48. The first-order valence-electron chi connectivity index (χ1n) is 7.59. The largest absolute Gasteiger partial charge is 0.223 e. The Labute approximate surface area is 129 Å². The highest BCUT2D eigenvalue weighted by Crippen LogP contribution is 2.25. The van der Waals surface area contributed by atoms with Gasteiger partial charge in [0.2, 0.25) is 5.28 Å². The molecular formula is C16H25ClN2Si. The minimum Gasteiger partial charge on any atom is -0.223 e. The van der Waals surface area contributed by atoms with Crippen molar-refractivity contribution in [2.75, 3.05) is 0 Å². The van der Waals surface area contributed by atoms with E-state index in [1.807, 2.05) is 13.0 Å². The summed E-state index contributed by atoms with van der Waals surface area (Å²) in [5.41, 5.74) is 5.29. The summed E-state index contributed by atoms with van der Waals surface area (Å²) in [5.74, 6) is 3.30. The van der Waals surface area contributed by atoms with Gasteiger partial charge in [0.25, 0.3) is 0 Å². The summed E-state index contributed by atoms with van der Waals surface area (Å²) < 4.78 is 0. The predicted octanol–water partition coefficient (Wildman–Crippen LogP) is 5.01. The zero-order valence-electron chi connectivity index (χ0n) is 13.1. The second-order valence-electron chi connectivity index (χ2n) is 5.44. The van der Waals surface area contributed by atoms with Crippen LogP contribution in [0.5, 0.6) is 0 Å². The number of rotatable bonds is 6. The summed E-state index contributed by atoms with van der Waals surface area (Å²) in [4.78, 5) is 8.31. The van der Waals surface area contributed by atoms with E-state index in [-0.39, 0.29) is 0 Å². The molecule has 0 aromatic carbocycles. The molecule has 2 nitrogen and oxygen atoms in total. The van der Waals surface area contributed by atoms with E-state index in [1.165, 1.54) is 37.4 Å². The van der Waals surface area contributed by atoms with E-state index in [1.54, 1.807) is 0 Å². The lowest BCUT2D eigenvalue weighted by atomic mass is 10.3. The molecule has 1 aromatic heterocycles. The molecule has 0 bridgehead atoms. The molecule has 0 aliphatic rings. The fraction of sp³-hybridized carbons (Fsp3) is 0.625. The van der Waals surface area contributed by atoms with Gasteiger partial charge in [-0.15, -0.1) is 5.54 Å². The molecule has 1 aromatic rings. The van der Waals surface area contributed by atoms with Crippen LogP contribution in [-0.2, 0) is 0 Å². The molecular weight excluding hydrogens is 284 g/mol. The van der Waals surface area contributed by atoms with E-state index in [4.69, 9.17) is 11.6 Å². The van der Waals surface area contributed by atoms with Crippen molar-refractivity contribution in [1.82, 2.24) is 9.97 Å². The number of hydrogen-bond acceptors (Lipinski definition) is 2. The van der Waals surface area contributed by atoms with E-state index in [0.717, 1.165) is 11.4 Å². The van der Waals surface area contributed by atoms with E-state index in [9.17, 15) is 0 Å². The maximum atomic E-state index is 5.90. The molecule has 0 aliphatic heterocycles. The number of hydrogen-bond donors (Lipinski definition) is 0. The van der Waals surface area contributed by atoms with Crippen molar-refractivity contribution < 1.29 is 0 Å². The molecule has 1 rings (SSSR count). The van der Waals surface area contributed by atoms with Crippen LogP contribution in [-0.4, -0.2) is 18.0 Å². The highest BCUT2D eigenvalue weighted by atomic mass is 35.5. The monoisotopic (exact) mass is 308 g/mol. The molecule has 0 N–H and O–H groups in total. The first-order chi connectivity index (χ1) is 9.55. The van der Waals surface area contributed by atoms with Crippen molar-refractivity contribution in [3.63, 3.8) is 0 Å². The quantitative estimate of drug-likeness (QED) is 0.419. The predicted molar refractivity (Wildman–Crippen MR) is 89.7 cm³/mol. The minimum absolute atomic E-state index is 0.294. The molecule has 0 spiro atoms. The number of halogens is 1. The summed E-state index contributed by atoms with van der Waals surface area (Å²) in [6.45, 7) is 8.72. The molecule has 0 saturated carbocycles. The number of aromatic nitrogens is 2. The van der Waals surface area contributed by atoms with Gasteiger partial charge in [0, 0.05) is 5.69 Å². The van der Waals surface area contributed by atoms with Crippen LogP contribution in [0.2, 0.25) is 23.4 Å². The molecule has 0 saturated heterocycles. The first kappa shape index (κ1) is 17.2. The summed E-state index contributed by atoms with van der Waals surface area (Å²) in [6.07, 6.45) is 3.68. The molecule has 0 atom stereocenters. The average molecular weight is 309 g/mol. The van der Waals surface area contributed by atoms with Gasteiger partial charge in [-0.2, -0.15) is 0 Å². The molecule has 0 radical (unpaired) electrons. The van der Waals surface area contributed by atoms with Crippen molar-refractivity contribution in [3.8, 4) is 11.5 Å². The SMILES string of the molecule is CCC[Si](C#Cc1cc(C)nc(Cl)n1)(CCC)CCC. The van der Waals surface area contributed by atoms with Gasteiger partial charge >= 0.3 is 0 Å².